The first-order valence-electron chi connectivity index (χ1n) is 7.04. The minimum absolute atomic E-state index is 0.00336. The molecule has 2 fully saturated rings. The Labute approximate surface area is 132 Å². The first-order valence-corrected chi connectivity index (χ1v) is 8.57. The summed E-state index contributed by atoms with van der Waals surface area (Å²) in [7, 11) is 0. The van der Waals surface area contributed by atoms with Crippen LogP contribution in [0, 0.1) is 0 Å². The van der Waals surface area contributed by atoms with Gasteiger partial charge in [-0.3, -0.25) is 9.59 Å². The number of hydrogen-bond donors (Lipinski definition) is 1. The molecule has 21 heavy (non-hydrogen) atoms. The number of carboxylic acids is 1. The molecular weight excluding hydrogens is 312 g/mol. The number of nitrogens with zero attached hydrogens (tertiary/aromatic N) is 2. The first kappa shape index (κ1) is 14.8. The molecule has 0 bridgehead atoms. The van der Waals surface area contributed by atoms with Crippen LogP contribution in [-0.4, -0.2) is 50.5 Å². The van der Waals surface area contributed by atoms with E-state index in [4.69, 9.17) is 16.7 Å². The number of hydrogen-bond acceptors (Lipinski definition) is 3. The molecule has 1 aliphatic heterocycles. The Hall–Kier alpha value is -1.14. The van der Waals surface area contributed by atoms with Crippen LogP contribution in [0.5, 0.6) is 0 Å². The van der Waals surface area contributed by atoms with Crippen molar-refractivity contribution < 1.29 is 14.7 Å². The van der Waals surface area contributed by atoms with Gasteiger partial charge in [0.05, 0.1) is 17.5 Å². The number of aromatic nitrogens is 1. The van der Waals surface area contributed by atoms with Gasteiger partial charge in [-0.1, -0.05) is 11.6 Å². The molecule has 2 heterocycles. The summed E-state index contributed by atoms with van der Waals surface area (Å²) in [6, 6.07) is 1.82. The highest BCUT2D eigenvalue weighted by Gasteiger charge is 2.34. The molecule has 0 spiro atoms. The van der Waals surface area contributed by atoms with Crippen LogP contribution >= 0.6 is 23.4 Å². The van der Waals surface area contributed by atoms with E-state index in [9.17, 15) is 9.59 Å². The van der Waals surface area contributed by atoms with Gasteiger partial charge in [0.25, 0.3) is 5.91 Å². The molecule has 2 aliphatic rings. The van der Waals surface area contributed by atoms with E-state index < -0.39 is 5.97 Å². The van der Waals surface area contributed by atoms with Crippen molar-refractivity contribution in [2.24, 2.45) is 0 Å². The van der Waals surface area contributed by atoms with Crippen molar-refractivity contribution in [3.8, 4) is 0 Å². The molecule has 1 atom stereocenters. The molecular formula is C14H17ClN2O3S. The largest absolute Gasteiger partial charge is 0.481 e. The zero-order chi connectivity index (χ0) is 15.0. The number of aliphatic carboxylic acids is 1. The SMILES string of the molecule is O=C(O)CC1CSCCN1C(=O)c1cc(Cl)cn1C1CC1. The topological polar surface area (TPSA) is 62.5 Å². The number of thioether (sulfide) groups is 1. The van der Waals surface area contributed by atoms with Gasteiger partial charge in [0, 0.05) is 30.3 Å². The summed E-state index contributed by atoms with van der Waals surface area (Å²) in [6.45, 7) is 0.592. The minimum atomic E-state index is -0.865. The lowest BCUT2D eigenvalue weighted by atomic mass is 10.2. The van der Waals surface area contributed by atoms with Gasteiger partial charge < -0.3 is 14.6 Å². The molecule has 1 saturated heterocycles. The van der Waals surface area contributed by atoms with Crippen molar-refractivity contribution in [1.82, 2.24) is 9.47 Å². The molecule has 7 heteroatoms. The van der Waals surface area contributed by atoms with Crippen LogP contribution < -0.4 is 0 Å². The molecule has 1 aromatic rings. The van der Waals surface area contributed by atoms with E-state index >= 15 is 0 Å². The van der Waals surface area contributed by atoms with E-state index in [1.807, 2.05) is 4.57 Å². The van der Waals surface area contributed by atoms with Gasteiger partial charge in [-0.25, -0.2) is 0 Å². The van der Waals surface area contributed by atoms with E-state index in [-0.39, 0.29) is 18.4 Å². The molecule has 3 rings (SSSR count). The average Bonchev–Trinajstić information content (AvgIpc) is 3.21. The standard InChI is InChI=1S/C14H17ClN2O3S/c15-9-5-12(17(7-9)10-1-2-10)14(20)16-3-4-21-8-11(16)6-13(18)19/h5,7,10-11H,1-4,6,8H2,(H,18,19). The van der Waals surface area contributed by atoms with Gasteiger partial charge in [-0.05, 0) is 18.9 Å². The summed E-state index contributed by atoms with van der Waals surface area (Å²) in [5.74, 6) is 0.562. The van der Waals surface area contributed by atoms with Crippen LogP contribution in [0.2, 0.25) is 5.02 Å². The van der Waals surface area contributed by atoms with Crippen molar-refractivity contribution in [2.75, 3.05) is 18.1 Å². The second kappa shape index (κ2) is 5.93. The van der Waals surface area contributed by atoms with Crippen LogP contribution in [0.15, 0.2) is 12.3 Å². The molecule has 1 aromatic heterocycles. The summed E-state index contributed by atoms with van der Waals surface area (Å²) in [5, 5.41) is 9.58. The van der Waals surface area contributed by atoms with Gasteiger partial charge >= 0.3 is 5.97 Å². The zero-order valence-corrected chi connectivity index (χ0v) is 13.1. The molecule has 1 aliphatic carbocycles. The number of carbonyl (C=O) groups excluding carboxylic acids is 1. The van der Waals surface area contributed by atoms with Crippen LogP contribution in [-0.2, 0) is 4.79 Å². The third-order valence-electron chi connectivity index (χ3n) is 3.87. The normalized spacial score (nSPS) is 22.3. The number of carboxylic acid groups (broad SMARTS) is 1. The van der Waals surface area contributed by atoms with E-state index in [1.54, 1.807) is 28.9 Å². The van der Waals surface area contributed by atoms with Gasteiger partial charge in [0.2, 0.25) is 0 Å². The summed E-state index contributed by atoms with van der Waals surface area (Å²) >= 11 is 7.75. The number of amides is 1. The molecule has 1 N–H and O–H groups in total. The summed E-state index contributed by atoms with van der Waals surface area (Å²) in [6.07, 6.45) is 3.94. The van der Waals surface area contributed by atoms with Crippen molar-refractivity contribution in [1.29, 1.82) is 0 Å². The third kappa shape index (κ3) is 3.21. The Kier molecular flexibility index (Phi) is 4.17. The summed E-state index contributed by atoms with van der Waals surface area (Å²) in [5.41, 5.74) is 0.588. The average molecular weight is 329 g/mol. The fourth-order valence-corrected chi connectivity index (χ4v) is 3.98. The maximum atomic E-state index is 12.8. The Balaban J connectivity index is 1.83. The van der Waals surface area contributed by atoms with E-state index in [0.717, 1.165) is 18.6 Å². The monoisotopic (exact) mass is 328 g/mol. The van der Waals surface area contributed by atoms with Crippen molar-refractivity contribution >= 4 is 35.2 Å². The first-order chi connectivity index (χ1) is 10.1. The fourth-order valence-electron chi connectivity index (χ4n) is 2.71. The lowest BCUT2D eigenvalue weighted by molar-refractivity contribution is -0.138. The van der Waals surface area contributed by atoms with Gasteiger partial charge in [-0.15, -0.1) is 0 Å². The summed E-state index contributed by atoms with van der Waals surface area (Å²) in [4.78, 5) is 25.5. The quantitative estimate of drug-likeness (QED) is 0.922. The second-order valence-electron chi connectivity index (χ2n) is 5.51. The van der Waals surface area contributed by atoms with Gasteiger partial charge in [-0.2, -0.15) is 11.8 Å². The number of halogens is 1. The predicted octanol–water partition coefficient (Wildman–Crippen LogP) is 2.51. The van der Waals surface area contributed by atoms with E-state index in [0.29, 0.717) is 29.1 Å². The van der Waals surface area contributed by atoms with Crippen molar-refractivity contribution in [3.05, 3.63) is 23.0 Å². The molecule has 5 nitrogen and oxygen atoms in total. The van der Waals surface area contributed by atoms with Crippen LogP contribution in [0.25, 0.3) is 0 Å². The van der Waals surface area contributed by atoms with Gasteiger partial charge in [0.1, 0.15) is 5.69 Å². The van der Waals surface area contributed by atoms with Crippen LogP contribution in [0.3, 0.4) is 0 Å². The molecule has 1 unspecified atom stereocenters. The highest BCUT2D eigenvalue weighted by Crippen LogP contribution is 2.38. The predicted molar refractivity (Wildman–Crippen MR) is 82.1 cm³/mol. The Morgan fingerprint density at radius 3 is 2.86 bits per heavy atom. The smallest absolute Gasteiger partial charge is 0.305 e. The number of carbonyl (C=O) groups is 2. The maximum absolute atomic E-state index is 12.8. The Morgan fingerprint density at radius 2 is 2.19 bits per heavy atom. The lowest BCUT2D eigenvalue weighted by Gasteiger charge is -2.34. The lowest BCUT2D eigenvalue weighted by Crippen LogP contribution is -2.47. The number of rotatable bonds is 4. The minimum Gasteiger partial charge on any atom is -0.481 e. The van der Waals surface area contributed by atoms with Crippen LogP contribution in [0.4, 0.5) is 0 Å². The maximum Gasteiger partial charge on any atom is 0.305 e. The molecule has 0 aromatic carbocycles. The zero-order valence-electron chi connectivity index (χ0n) is 11.5. The van der Waals surface area contributed by atoms with Gasteiger partial charge in [0.15, 0.2) is 0 Å². The Morgan fingerprint density at radius 1 is 1.43 bits per heavy atom. The molecule has 1 amide bonds. The second-order valence-corrected chi connectivity index (χ2v) is 7.09. The van der Waals surface area contributed by atoms with Crippen molar-refractivity contribution in [2.45, 2.75) is 31.3 Å². The highest BCUT2D eigenvalue weighted by atomic mass is 35.5. The van der Waals surface area contributed by atoms with E-state index in [1.165, 1.54) is 0 Å². The molecule has 0 radical (unpaired) electrons. The van der Waals surface area contributed by atoms with E-state index in [2.05, 4.69) is 0 Å². The molecule has 114 valence electrons. The summed E-state index contributed by atoms with van der Waals surface area (Å²) < 4.78 is 1.95. The highest BCUT2D eigenvalue weighted by molar-refractivity contribution is 7.99. The fraction of sp³-hybridized carbons (Fsp3) is 0.571. The van der Waals surface area contributed by atoms with Crippen molar-refractivity contribution in [3.63, 3.8) is 0 Å². The van der Waals surface area contributed by atoms with Crippen LogP contribution in [0.1, 0.15) is 35.8 Å². The third-order valence-corrected chi connectivity index (χ3v) is 5.17. The Bertz CT molecular complexity index is 571. The molecule has 1 saturated carbocycles.